The van der Waals surface area contributed by atoms with Gasteiger partial charge < -0.3 is 10.1 Å². The molecule has 1 atom stereocenters. The number of benzene rings is 2. The van der Waals surface area contributed by atoms with Crippen LogP contribution in [0, 0.1) is 0 Å². The maximum Gasteiger partial charge on any atom is 0.258 e. The van der Waals surface area contributed by atoms with E-state index in [2.05, 4.69) is 5.32 Å². The zero-order valence-electron chi connectivity index (χ0n) is 10.5. The zero-order valence-corrected chi connectivity index (χ0v) is 10.5. The fourth-order valence-electron chi connectivity index (χ4n) is 1.60. The van der Waals surface area contributed by atoms with Gasteiger partial charge in [-0.25, -0.2) is 8.78 Å². The molecule has 0 spiro atoms. The van der Waals surface area contributed by atoms with Crippen molar-refractivity contribution in [2.45, 2.75) is 19.4 Å². The minimum atomic E-state index is -2.43. The average Bonchev–Trinajstić information content (AvgIpc) is 2.42. The van der Waals surface area contributed by atoms with E-state index in [0.29, 0.717) is 17.2 Å². The lowest BCUT2D eigenvalue weighted by atomic mass is 10.2. The second-order valence-electron chi connectivity index (χ2n) is 4.18. The Balaban J connectivity index is 2.17. The Morgan fingerprint density at radius 1 is 0.947 bits per heavy atom. The van der Waals surface area contributed by atoms with Crippen molar-refractivity contribution in [1.82, 2.24) is 0 Å². The molecule has 0 amide bonds. The molecule has 2 nitrogen and oxygen atoms in total. The number of halogens is 2. The largest absolute Gasteiger partial charge is 0.455 e. The van der Waals surface area contributed by atoms with Gasteiger partial charge in [0.2, 0.25) is 0 Å². The van der Waals surface area contributed by atoms with Crippen LogP contribution in [-0.2, 0) is 0 Å². The Hall–Kier alpha value is -2.10. The number of hydrogen-bond donors (Lipinski definition) is 1. The van der Waals surface area contributed by atoms with Gasteiger partial charge in [-0.15, -0.1) is 0 Å². The Kier molecular flexibility index (Phi) is 4.34. The number of para-hydroxylation sites is 3. The van der Waals surface area contributed by atoms with E-state index in [4.69, 9.17) is 4.74 Å². The summed E-state index contributed by atoms with van der Waals surface area (Å²) in [7, 11) is 0. The van der Waals surface area contributed by atoms with E-state index in [-0.39, 0.29) is 0 Å². The number of anilines is 1. The predicted octanol–water partition coefficient (Wildman–Crippen LogP) is 4.54. The molecule has 2 rings (SSSR count). The first-order chi connectivity index (χ1) is 9.16. The predicted molar refractivity (Wildman–Crippen MR) is 72.0 cm³/mol. The first kappa shape index (κ1) is 13.3. The van der Waals surface area contributed by atoms with Crippen molar-refractivity contribution in [3.8, 4) is 11.5 Å². The van der Waals surface area contributed by atoms with Crippen LogP contribution in [0.3, 0.4) is 0 Å². The molecule has 100 valence electrons. The van der Waals surface area contributed by atoms with Crippen LogP contribution in [0.2, 0.25) is 0 Å². The summed E-state index contributed by atoms with van der Waals surface area (Å²) in [5, 5.41) is 2.76. The second-order valence-corrected chi connectivity index (χ2v) is 4.18. The molecule has 2 aromatic rings. The van der Waals surface area contributed by atoms with Crippen LogP contribution < -0.4 is 10.1 Å². The molecular weight excluding hydrogens is 248 g/mol. The smallest absolute Gasteiger partial charge is 0.258 e. The highest BCUT2D eigenvalue weighted by Gasteiger charge is 2.15. The van der Waals surface area contributed by atoms with Crippen molar-refractivity contribution in [3.05, 3.63) is 54.6 Å². The molecule has 0 saturated carbocycles. The number of alkyl halides is 2. The van der Waals surface area contributed by atoms with E-state index in [1.165, 1.54) is 6.92 Å². The van der Waals surface area contributed by atoms with Crippen molar-refractivity contribution < 1.29 is 13.5 Å². The van der Waals surface area contributed by atoms with Crippen LogP contribution in [0.25, 0.3) is 0 Å². The van der Waals surface area contributed by atoms with E-state index in [1.807, 2.05) is 30.3 Å². The van der Waals surface area contributed by atoms with E-state index in [1.54, 1.807) is 24.3 Å². The lowest BCUT2D eigenvalue weighted by Gasteiger charge is -2.17. The Labute approximate surface area is 111 Å². The van der Waals surface area contributed by atoms with Crippen LogP contribution in [0.5, 0.6) is 11.5 Å². The number of nitrogens with one attached hydrogen (secondary N) is 1. The summed E-state index contributed by atoms with van der Waals surface area (Å²) in [4.78, 5) is 0. The summed E-state index contributed by atoms with van der Waals surface area (Å²) in [6.45, 7) is 1.43. The van der Waals surface area contributed by atoms with Gasteiger partial charge >= 0.3 is 0 Å². The third kappa shape index (κ3) is 3.68. The first-order valence-corrected chi connectivity index (χ1v) is 6.03. The van der Waals surface area contributed by atoms with Crippen molar-refractivity contribution >= 4 is 5.69 Å². The van der Waals surface area contributed by atoms with Gasteiger partial charge in [0.05, 0.1) is 11.7 Å². The highest BCUT2D eigenvalue weighted by molar-refractivity contribution is 5.58. The van der Waals surface area contributed by atoms with Gasteiger partial charge in [-0.05, 0) is 31.2 Å². The maximum absolute atomic E-state index is 12.6. The lowest BCUT2D eigenvalue weighted by Crippen LogP contribution is -2.23. The minimum absolute atomic E-state index is 0.529. The van der Waals surface area contributed by atoms with E-state index in [0.717, 1.165) is 0 Å². The van der Waals surface area contributed by atoms with Crippen molar-refractivity contribution in [3.63, 3.8) is 0 Å². The molecule has 1 N–H and O–H groups in total. The van der Waals surface area contributed by atoms with Gasteiger partial charge in [0.1, 0.15) is 5.75 Å². The molecule has 0 saturated heterocycles. The standard InChI is InChI=1S/C15H15F2NO/c1-11(15(16)17)18-13-9-5-6-10-14(13)19-12-7-3-2-4-8-12/h2-11,15,18H,1H3. The van der Waals surface area contributed by atoms with Gasteiger partial charge in [0, 0.05) is 0 Å². The number of rotatable bonds is 5. The van der Waals surface area contributed by atoms with Crippen molar-refractivity contribution in [2.75, 3.05) is 5.32 Å². The van der Waals surface area contributed by atoms with Gasteiger partial charge in [-0.1, -0.05) is 30.3 Å². The Morgan fingerprint density at radius 3 is 2.26 bits per heavy atom. The molecule has 19 heavy (non-hydrogen) atoms. The molecule has 0 aliphatic rings. The number of hydrogen-bond acceptors (Lipinski definition) is 2. The Bertz CT molecular complexity index is 517. The van der Waals surface area contributed by atoms with Gasteiger partial charge in [-0.2, -0.15) is 0 Å². The molecule has 0 aliphatic heterocycles. The van der Waals surface area contributed by atoms with Crippen LogP contribution in [0.4, 0.5) is 14.5 Å². The van der Waals surface area contributed by atoms with Crippen molar-refractivity contribution in [1.29, 1.82) is 0 Å². The van der Waals surface area contributed by atoms with Gasteiger partial charge in [0.25, 0.3) is 6.43 Å². The lowest BCUT2D eigenvalue weighted by molar-refractivity contribution is 0.130. The normalized spacial score (nSPS) is 12.2. The summed E-state index contributed by atoms with van der Waals surface area (Å²) in [6, 6.07) is 15.3. The van der Waals surface area contributed by atoms with Gasteiger partial charge in [-0.3, -0.25) is 0 Å². The average molecular weight is 263 g/mol. The Morgan fingerprint density at radius 2 is 1.58 bits per heavy atom. The topological polar surface area (TPSA) is 21.3 Å². The third-order valence-corrected chi connectivity index (χ3v) is 2.62. The molecule has 0 fully saturated rings. The molecule has 4 heteroatoms. The van der Waals surface area contributed by atoms with Crippen molar-refractivity contribution in [2.24, 2.45) is 0 Å². The summed E-state index contributed by atoms with van der Waals surface area (Å²) in [5.74, 6) is 1.20. The first-order valence-electron chi connectivity index (χ1n) is 6.03. The highest BCUT2D eigenvalue weighted by Crippen LogP contribution is 2.29. The second kappa shape index (κ2) is 6.18. The molecule has 2 aromatic carbocycles. The van der Waals surface area contributed by atoms with E-state index >= 15 is 0 Å². The molecule has 0 bridgehead atoms. The van der Waals surface area contributed by atoms with Crippen LogP contribution in [-0.4, -0.2) is 12.5 Å². The molecule has 0 aliphatic carbocycles. The molecule has 0 aromatic heterocycles. The van der Waals surface area contributed by atoms with Crippen LogP contribution >= 0.6 is 0 Å². The third-order valence-electron chi connectivity index (χ3n) is 2.62. The molecule has 0 radical (unpaired) electrons. The molecule has 0 heterocycles. The van der Waals surface area contributed by atoms with E-state index in [9.17, 15) is 8.78 Å². The van der Waals surface area contributed by atoms with Crippen LogP contribution in [0.1, 0.15) is 6.92 Å². The highest BCUT2D eigenvalue weighted by atomic mass is 19.3. The summed E-state index contributed by atoms with van der Waals surface area (Å²) >= 11 is 0. The van der Waals surface area contributed by atoms with E-state index < -0.39 is 12.5 Å². The summed E-state index contributed by atoms with van der Waals surface area (Å²) in [6.07, 6.45) is -2.43. The van der Waals surface area contributed by atoms with Crippen LogP contribution in [0.15, 0.2) is 54.6 Å². The number of ether oxygens (including phenoxy) is 1. The summed E-state index contributed by atoms with van der Waals surface area (Å²) < 4.78 is 30.8. The molecular formula is C15H15F2NO. The molecule has 1 unspecified atom stereocenters. The monoisotopic (exact) mass is 263 g/mol. The minimum Gasteiger partial charge on any atom is -0.455 e. The SMILES string of the molecule is CC(Nc1ccccc1Oc1ccccc1)C(F)F. The zero-order chi connectivity index (χ0) is 13.7. The quantitative estimate of drug-likeness (QED) is 0.854. The van der Waals surface area contributed by atoms with Gasteiger partial charge in [0.15, 0.2) is 5.75 Å². The fraction of sp³-hybridized carbons (Fsp3) is 0.200. The maximum atomic E-state index is 12.6. The fourth-order valence-corrected chi connectivity index (χ4v) is 1.60. The summed E-state index contributed by atoms with van der Waals surface area (Å²) in [5.41, 5.74) is 0.555.